The second-order valence-corrected chi connectivity index (χ2v) is 8.28. The van der Waals surface area contributed by atoms with E-state index in [0.717, 1.165) is 6.42 Å². The molecule has 0 bridgehead atoms. The van der Waals surface area contributed by atoms with Gasteiger partial charge in [-0.05, 0) is 24.7 Å². The lowest BCUT2D eigenvalue weighted by Crippen LogP contribution is -2.20. The molecule has 0 heterocycles. The van der Waals surface area contributed by atoms with Gasteiger partial charge in [0.15, 0.2) is 0 Å². The smallest absolute Gasteiger partial charge is 0.305 e. The predicted octanol–water partition coefficient (Wildman–Crippen LogP) is 8.08. The summed E-state index contributed by atoms with van der Waals surface area (Å²) in [6, 6.07) is 0. The third-order valence-electron chi connectivity index (χ3n) is 5.65. The molecule has 0 N–H and O–H groups in total. The summed E-state index contributed by atoms with van der Waals surface area (Å²) in [5.41, 5.74) is 0. The van der Waals surface area contributed by atoms with E-state index in [1.54, 1.807) is 0 Å². The lowest BCUT2D eigenvalue weighted by atomic mass is 9.87. The second kappa shape index (κ2) is 19.2. The Hall–Kier alpha value is -0.530. The minimum Gasteiger partial charge on any atom is -0.465 e. The van der Waals surface area contributed by atoms with Crippen LogP contribution >= 0.6 is 0 Å². The summed E-state index contributed by atoms with van der Waals surface area (Å²) in [5.74, 6) is 1.22. The van der Waals surface area contributed by atoms with Gasteiger partial charge in [-0.15, -0.1) is 0 Å². The number of carbonyl (C=O) groups is 1. The molecule has 26 heavy (non-hydrogen) atoms. The van der Waals surface area contributed by atoms with E-state index >= 15 is 0 Å². The van der Waals surface area contributed by atoms with Gasteiger partial charge in [0.25, 0.3) is 0 Å². The number of hydrogen-bond donors (Lipinski definition) is 0. The molecule has 0 aliphatic heterocycles. The molecular weight excluding hydrogens is 320 g/mol. The Bertz CT molecular complexity index is 301. The average molecular weight is 369 g/mol. The van der Waals surface area contributed by atoms with Gasteiger partial charge in [-0.25, -0.2) is 0 Å². The highest BCUT2D eigenvalue weighted by atomic mass is 16.5. The van der Waals surface area contributed by atoms with Crippen LogP contribution in [0.25, 0.3) is 0 Å². The Morgan fingerprint density at radius 3 is 1.69 bits per heavy atom. The van der Waals surface area contributed by atoms with Gasteiger partial charge >= 0.3 is 5.97 Å². The van der Waals surface area contributed by atoms with Gasteiger partial charge in [-0.2, -0.15) is 0 Å². The lowest BCUT2D eigenvalue weighted by molar-refractivity contribution is -0.145. The molecule has 2 heteroatoms. The summed E-state index contributed by atoms with van der Waals surface area (Å²) in [4.78, 5) is 12.0. The molecule has 0 aromatic carbocycles. The third kappa shape index (κ3) is 15.7. The summed E-state index contributed by atoms with van der Waals surface area (Å²) in [6.45, 7) is 9.66. The van der Waals surface area contributed by atoms with E-state index in [9.17, 15) is 4.79 Å². The Balaban J connectivity index is 3.55. The van der Waals surface area contributed by atoms with Crippen LogP contribution in [0.1, 0.15) is 130 Å². The largest absolute Gasteiger partial charge is 0.465 e. The highest BCUT2D eigenvalue weighted by Crippen LogP contribution is 2.22. The molecule has 0 saturated carbocycles. The van der Waals surface area contributed by atoms with Crippen LogP contribution in [0.3, 0.4) is 0 Å². The Morgan fingerprint density at radius 1 is 0.692 bits per heavy atom. The topological polar surface area (TPSA) is 26.3 Å². The molecule has 0 radical (unpaired) electrons. The first-order valence-electron chi connectivity index (χ1n) is 11.8. The zero-order valence-corrected chi connectivity index (χ0v) is 18.5. The average Bonchev–Trinajstić information content (AvgIpc) is 2.63. The molecule has 2 nitrogen and oxygen atoms in total. The van der Waals surface area contributed by atoms with Crippen molar-refractivity contribution >= 4 is 5.97 Å². The molecule has 0 aromatic heterocycles. The first-order valence-corrected chi connectivity index (χ1v) is 11.8. The molecule has 0 saturated heterocycles. The van der Waals surface area contributed by atoms with Gasteiger partial charge in [0, 0.05) is 6.42 Å². The lowest BCUT2D eigenvalue weighted by Gasteiger charge is -2.23. The number of esters is 1. The maximum Gasteiger partial charge on any atom is 0.305 e. The number of ether oxygens (including phenoxy) is 1. The molecule has 2 atom stereocenters. The van der Waals surface area contributed by atoms with Crippen molar-refractivity contribution in [1.29, 1.82) is 0 Å². The van der Waals surface area contributed by atoms with Crippen molar-refractivity contribution in [2.75, 3.05) is 6.61 Å². The minimum absolute atomic E-state index is 0.0192. The Morgan fingerprint density at radius 2 is 1.19 bits per heavy atom. The number of carbonyl (C=O) groups excluding carboxylic acids is 1. The maximum atomic E-state index is 12.0. The molecular formula is C24H48O2. The molecule has 0 amide bonds. The number of unbranched alkanes of at least 4 members (excludes halogenated alkanes) is 10. The summed E-state index contributed by atoms with van der Waals surface area (Å²) in [5, 5.41) is 0. The zero-order valence-electron chi connectivity index (χ0n) is 18.5. The van der Waals surface area contributed by atoms with Crippen molar-refractivity contribution in [2.24, 2.45) is 11.8 Å². The summed E-state index contributed by atoms with van der Waals surface area (Å²) >= 11 is 0. The SMILES string of the molecule is CCCCCCCCCCCCCC(=O)OCC(CCC)C(C)CCC. The molecule has 0 aromatic rings. The zero-order chi connectivity index (χ0) is 19.5. The van der Waals surface area contributed by atoms with Gasteiger partial charge in [0.1, 0.15) is 0 Å². The van der Waals surface area contributed by atoms with Crippen LogP contribution in [0.5, 0.6) is 0 Å². The summed E-state index contributed by atoms with van der Waals surface area (Å²) in [7, 11) is 0. The van der Waals surface area contributed by atoms with Crippen molar-refractivity contribution in [3.8, 4) is 0 Å². The van der Waals surface area contributed by atoms with Crippen LogP contribution in [-0.2, 0) is 9.53 Å². The monoisotopic (exact) mass is 368 g/mol. The van der Waals surface area contributed by atoms with Crippen molar-refractivity contribution in [1.82, 2.24) is 0 Å². The second-order valence-electron chi connectivity index (χ2n) is 8.28. The highest BCUT2D eigenvalue weighted by Gasteiger charge is 2.17. The fourth-order valence-corrected chi connectivity index (χ4v) is 3.80. The molecule has 156 valence electrons. The van der Waals surface area contributed by atoms with Crippen LogP contribution < -0.4 is 0 Å². The maximum absolute atomic E-state index is 12.0. The van der Waals surface area contributed by atoms with Gasteiger partial charge in [-0.3, -0.25) is 4.79 Å². The van der Waals surface area contributed by atoms with Crippen molar-refractivity contribution < 1.29 is 9.53 Å². The van der Waals surface area contributed by atoms with E-state index in [1.807, 2.05) is 0 Å². The summed E-state index contributed by atoms with van der Waals surface area (Å²) < 4.78 is 5.58. The van der Waals surface area contributed by atoms with Gasteiger partial charge in [0.05, 0.1) is 6.61 Å². The number of rotatable bonds is 19. The fourth-order valence-electron chi connectivity index (χ4n) is 3.80. The first kappa shape index (κ1) is 25.5. The van der Waals surface area contributed by atoms with Gasteiger partial charge in [0.2, 0.25) is 0 Å². The van der Waals surface area contributed by atoms with Crippen LogP contribution in [0.2, 0.25) is 0 Å². The van der Waals surface area contributed by atoms with Gasteiger partial charge in [-0.1, -0.05) is 111 Å². The first-order chi connectivity index (χ1) is 12.7. The highest BCUT2D eigenvalue weighted by molar-refractivity contribution is 5.69. The molecule has 0 aliphatic rings. The van der Waals surface area contributed by atoms with E-state index < -0.39 is 0 Å². The Kier molecular flexibility index (Phi) is 18.8. The molecule has 0 fully saturated rings. The van der Waals surface area contributed by atoms with E-state index in [1.165, 1.54) is 89.9 Å². The summed E-state index contributed by atoms with van der Waals surface area (Å²) in [6.07, 6.45) is 19.9. The third-order valence-corrected chi connectivity index (χ3v) is 5.65. The predicted molar refractivity (Wildman–Crippen MR) is 115 cm³/mol. The normalized spacial score (nSPS) is 13.5. The van der Waals surface area contributed by atoms with E-state index in [0.29, 0.717) is 24.9 Å². The molecule has 0 rings (SSSR count). The molecule has 0 aliphatic carbocycles. The van der Waals surface area contributed by atoms with Crippen LogP contribution in [0.4, 0.5) is 0 Å². The Labute approximate surface area is 164 Å². The van der Waals surface area contributed by atoms with Crippen molar-refractivity contribution in [2.45, 2.75) is 130 Å². The van der Waals surface area contributed by atoms with E-state index in [-0.39, 0.29) is 5.97 Å². The van der Waals surface area contributed by atoms with E-state index in [4.69, 9.17) is 4.74 Å². The van der Waals surface area contributed by atoms with Crippen molar-refractivity contribution in [3.63, 3.8) is 0 Å². The van der Waals surface area contributed by atoms with Gasteiger partial charge < -0.3 is 4.74 Å². The fraction of sp³-hybridized carbons (Fsp3) is 0.958. The van der Waals surface area contributed by atoms with Crippen molar-refractivity contribution in [3.05, 3.63) is 0 Å². The number of hydrogen-bond acceptors (Lipinski definition) is 2. The quantitative estimate of drug-likeness (QED) is 0.170. The van der Waals surface area contributed by atoms with Crippen LogP contribution in [0, 0.1) is 11.8 Å². The van der Waals surface area contributed by atoms with Crippen LogP contribution in [-0.4, -0.2) is 12.6 Å². The molecule has 0 spiro atoms. The van der Waals surface area contributed by atoms with Crippen LogP contribution in [0.15, 0.2) is 0 Å². The molecule has 2 unspecified atom stereocenters. The van der Waals surface area contributed by atoms with E-state index in [2.05, 4.69) is 27.7 Å². The minimum atomic E-state index is 0.0192. The standard InChI is InChI=1S/C24H48O2/c1-5-8-9-10-11-12-13-14-15-16-17-20-24(25)26-21-23(19-7-3)22(4)18-6-2/h22-23H,5-21H2,1-4H3.